The van der Waals surface area contributed by atoms with Crippen molar-refractivity contribution in [3.05, 3.63) is 30.1 Å². The molecule has 2 heterocycles. The molecule has 9 heteroatoms. The lowest BCUT2D eigenvalue weighted by Gasteiger charge is -2.23. The van der Waals surface area contributed by atoms with E-state index in [4.69, 9.17) is 4.74 Å². The van der Waals surface area contributed by atoms with E-state index in [-0.39, 0.29) is 24.5 Å². The lowest BCUT2D eigenvalue weighted by molar-refractivity contribution is -0.124. The van der Waals surface area contributed by atoms with E-state index < -0.39 is 18.2 Å². The van der Waals surface area contributed by atoms with E-state index in [1.54, 1.807) is 24.5 Å². The maximum Gasteiger partial charge on any atom is 0.408 e. The molecule has 2 rings (SSSR count). The Balaban J connectivity index is 1.87. The number of carbonyl (C=O) groups excluding carboxylic acids is 2. The third-order valence-corrected chi connectivity index (χ3v) is 4.99. The quantitative estimate of drug-likeness (QED) is 0.503. The molecule has 0 aliphatic carbocycles. The first-order valence-corrected chi connectivity index (χ1v) is 10.4. The fourth-order valence-corrected chi connectivity index (χ4v) is 3.33. The first kappa shape index (κ1) is 24.0. The Morgan fingerprint density at radius 2 is 2.00 bits per heavy atom. The number of ether oxygens (including phenoxy) is 1. The van der Waals surface area contributed by atoms with Gasteiger partial charge in [-0.25, -0.2) is 4.79 Å². The number of likely N-dealkylation sites (N-methyl/N-ethyl adjacent to an activating group) is 1. The van der Waals surface area contributed by atoms with Gasteiger partial charge in [0.2, 0.25) is 5.91 Å². The van der Waals surface area contributed by atoms with Crippen molar-refractivity contribution in [2.45, 2.75) is 45.1 Å². The summed E-state index contributed by atoms with van der Waals surface area (Å²) in [5.41, 5.74) is 0.817. The van der Waals surface area contributed by atoms with Crippen LogP contribution in [0.1, 0.15) is 25.8 Å². The third-order valence-electron chi connectivity index (χ3n) is 4.99. The predicted molar refractivity (Wildman–Crippen MR) is 114 cm³/mol. The number of nitrogens with one attached hydrogen (secondary N) is 2. The number of likely N-dealkylation sites (tertiary alicyclic amines) is 1. The number of aliphatic hydroxyl groups excluding tert-OH is 1. The zero-order valence-electron chi connectivity index (χ0n) is 18.4. The zero-order valence-corrected chi connectivity index (χ0v) is 18.4. The van der Waals surface area contributed by atoms with Gasteiger partial charge in [0.25, 0.3) is 0 Å². The summed E-state index contributed by atoms with van der Waals surface area (Å²) >= 11 is 0. The molecular formula is C21H35N5O4. The van der Waals surface area contributed by atoms with Crippen molar-refractivity contribution in [2.24, 2.45) is 5.92 Å². The zero-order chi connectivity index (χ0) is 22.1. The summed E-state index contributed by atoms with van der Waals surface area (Å²) in [7, 11) is 4.00. The first-order chi connectivity index (χ1) is 14.2. The molecule has 0 saturated carbocycles. The second-order valence-corrected chi connectivity index (χ2v) is 8.50. The number of nitrogens with zero attached hydrogens (tertiary/aromatic N) is 3. The number of β-amino-alcohol motifs (C(OH)–C–C–N with tert-alkyl or cyclic N) is 1. The minimum absolute atomic E-state index is 0.104. The lowest BCUT2D eigenvalue weighted by atomic mass is 10.0. The number of aromatic nitrogens is 1. The van der Waals surface area contributed by atoms with Crippen molar-refractivity contribution in [3.8, 4) is 0 Å². The Hall–Kier alpha value is -2.23. The average molecular weight is 422 g/mol. The molecule has 0 bridgehead atoms. The van der Waals surface area contributed by atoms with Crippen molar-refractivity contribution in [1.82, 2.24) is 25.4 Å². The van der Waals surface area contributed by atoms with Crippen molar-refractivity contribution in [1.29, 1.82) is 0 Å². The summed E-state index contributed by atoms with van der Waals surface area (Å²) in [5, 5.41) is 15.9. The maximum absolute atomic E-state index is 12.8. The van der Waals surface area contributed by atoms with Crippen LogP contribution in [0.2, 0.25) is 0 Å². The van der Waals surface area contributed by atoms with E-state index in [0.29, 0.717) is 19.5 Å². The number of hydrogen-bond donors (Lipinski definition) is 3. The second kappa shape index (κ2) is 11.8. The molecule has 0 aromatic carbocycles. The maximum atomic E-state index is 12.8. The van der Waals surface area contributed by atoms with Crippen LogP contribution in [0, 0.1) is 5.92 Å². The number of aliphatic hydroxyl groups is 1. The van der Waals surface area contributed by atoms with Gasteiger partial charge in [0.05, 0.1) is 12.1 Å². The first-order valence-electron chi connectivity index (χ1n) is 10.4. The van der Waals surface area contributed by atoms with Crippen LogP contribution < -0.4 is 10.6 Å². The van der Waals surface area contributed by atoms with Gasteiger partial charge in [-0.1, -0.05) is 13.8 Å². The molecule has 1 aliphatic heterocycles. The molecule has 2 amide bonds. The van der Waals surface area contributed by atoms with Crippen LogP contribution in [0.3, 0.4) is 0 Å². The van der Waals surface area contributed by atoms with Crippen molar-refractivity contribution in [2.75, 3.05) is 40.3 Å². The number of carbonyl (C=O) groups is 2. The van der Waals surface area contributed by atoms with E-state index in [0.717, 1.165) is 18.7 Å². The van der Waals surface area contributed by atoms with Gasteiger partial charge in [-0.2, -0.15) is 0 Å². The van der Waals surface area contributed by atoms with E-state index in [9.17, 15) is 14.7 Å². The second-order valence-electron chi connectivity index (χ2n) is 8.50. The van der Waals surface area contributed by atoms with E-state index >= 15 is 0 Å². The molecule has 168 valence electrons. The molecule has 1 fully saturated rings. The summed E-state index contributed by atoms with van der Waals surface area (Å²) < 4.78 is 5.23. The Morgan fingerprint density at radius 3 is 2.63 bits per heavy atom. The van der Waals surface area contributed by atoms with Crippen LogP contribution in [-0.4, -0.2) is 90.4 Å². The Kier molecular flexibility index (Phi) is 9.48. The molecule has 9 nitrogen and oxygen atoms in total. The van der Waals surface area contributed by atoms with Gasteiger partial charge in [0.1, 0.15) is 12.6 Å². The Morgan fingerprint density at radius 1 is 1.30 bits per heavy atom. The highest BCUT2D eigenvalue weighted by atomic mass is 16.5. The average Bonchev–Trinajstić information content (AvgIpc) is 3.04. The molecule has 0 radical (unpaired) electrons. The van der Waals surface area contributed by atoms with Crippen LogP contribution in [0.5, 0.6) is 0 Å². The molecule has 30 heavy (non-hydrogen) atoms. The molecular weight excluding hydrogens is 386 g/mol. The van der Waals surface area contributed by atoms with Gasteiger partial charge in [0, 0.05) is 38.6 Å². The van der Waals surface area contributed by atoms with Gasteiger partial charge in [-0.3, -0.25) is 14.7 Å². The smallest absolute Gasteiger partial charge is 0.408 e. The number of amides is 2. The number of hydrogen-bond acceptors (Lipinski definition) is 7. The number of pyridine rings is 1. The molecule has 0 spiro atoms. The highest BCUT2D eigenvalue weighted by Crippen LogP contribution is 2.12. The van der Waals surface area contributed by atoms with Crippen LogP contribution in [0.25, 0.3) is 0 Å². The van der Waals surface area contributed by atoms with Crippen LogP contribution in [-0.2, 0) is 16.1 Å². The highest BCUT2D eigenvalue weighted by molar-refractivity contribution is 5.85. The lowest BCUT2D eigenvalue weighted by Crippen LogP contribution is -2.53. The Labute approximate surface area is 178 Å². The minimum atomic E-state index is -0.724. The number of rotatable bonds is 10. The molecule has 3 atom stereocenters. The Bertz CT molecular complexity index is 671. The molecule has 3 N–H and O–H groups in total. The monoisotopic (exact) mass is 421 g/mol. The SMILES string of the molecule is CC(C)C[C@H](NC(=O)OCc1ccncc1)C(=O)NC1CN(CCN(C)C)CC1O. The normalized spacial score (nSPS) is 20.4. The molecule has 2 unspecified atom stereocenters. The van der Waals surface area contributed by atoms with Gasteiger partial charge in [0.15, 0.2) is 0 Å². The van der Waals surface area contributed by atoms with Gasteiger partial charge in [-0.15, -0.1) is 0 Å². The molecule has 1 saturated heterocycles. The van der Waals surface area contributed by atoms with Gasteiger partial charge in [-0.05, 0) is 44.1 Å². The predicted octanol–water partition coefficient (Wildman–Crippen LogP) is 0.445. The molecule has 1 aromatic heterocycles. The van der Waals surface area contributed by atoms with Gasteiger partial charge < -0.3 is 25.4 Å². The van der Waals surface area contributed by atoms with Crippen LogP contribution in [0.4, 0.5) is 4.79 Å². The van der Waals surface area contributed by atoms with Crippen molar-refractivity contribution >= 4 is 12.0 Å². The highest BCUT2D eigenvalue weighted by Gasteiger charge is 2.34. The van der Waals surface area contributed by atoms with E-state index in [1.165, 1.54) is 0 Å². The molecule has 1 aliphatic rings. The topological polar surface area (TPSA) is 107 Å². The van der Waals surface area contributed by atoms with Gasteiger partial charge >= 0.3 is 6.09 Å². The van der Waals surface area contributed by atoms with Crippen molar-refractivity contribution < 1.29 is 19.4 Å². The van der Waals surface area contributed by atoms with Crippen molar-refractivity contribution in [3.63, 3.8) is 0 Å². The van der Waals surface area contributed by atoms with Crippen LogP contribution >= 0.6 is 0 Å². The summed E-state index contributed by atoms with van der Waals surface area (Å²) in [6.45, 7) is 6.89. The fourth-order valence-electron chi connectivity index (χ4n) is 3.33. The number of alkyl carbamates (subject to hydrolysis) is 1. The summed E-state index contributed by atoms with van der Waals surface area (Å²) in [4.78, 5) is 33.2. The van der Waals surface area contributed by atoms with E-state index in [1.807, 2.05) is 27.9 Å². The summed E-state index contributed by atoms with van der Waals surface area (Å²) in [5.74, 6) is -0.102. The standard InChI is InChI=1S/C21H35N5O4/c1-15(2)11-17(24-21(29)30-14-16-5-7-22-8-6-16)20(28)23-18-12-26(13-19(18)27)10-9-25(3)4/h5-8,15,17-19,27H,9-14H2,1-4H3,(H,23,28)(H,24,29)/t17-,18?,19?/m0/s1. The minimum Gasteiger partial charge on any atom is -0.445 e. The van der Waals surface area contributed by atoms with E-state index in [2.05, 4.69) is 25.4 Å². The summed E-state index contributed by atoms with van der Waals surface area (Å²) in [6.07, 6.45) is 2.45. The summed E-state index contributed by atoms with van der Waals surface area (Å²) in [6, 6.07) is 2.44. The van der Waals surface area contributed by atoms with Crippen LogP contribution in [0.15, 0.2) is 24.5 Å². The largest absolute Gasteiger partial charge is 0.445 e. The fraction of sp³-hybridized carbons (Fsp3) is 0.667. The molecule has 1 aromatic rings. The third kappa shape index (κ3) is 8.25.